The maximum atomic E-state index is 14.4. The minimum absolute atomic E-state index is 0.0233. The van der Waals surface area contributed by atoms with E-state index in [2.05, 4.69) is 26.2 Å². The molecular weight excluding hydrogens is 695 g/mol. The van der Waals surface area contributed by atoms with E-state index in [0.29, 0.717) is 24.0 Å². The number of thiophene rings is 1. The summed E-state index contributed by atoms with van der Waals surface area (Å²) >= 11 is 6.69. The highest BCUT2D eigenvalue weighted by molar-refractivity contribution is 7.90. The smallest absolute Gasteiger partial charge is 0.347 e. The predicted molar refractivity (Wildman–Crippen MR) is 170 cm³/mol. The predicted octanol–water partition coefficient (Wildman–Crippen LogP) is 4.08. The molecule has 0 radical (unpaired) electrons. The molecule has 2 aromatic heterocycles. The molecule has 2 aliphatic rings. The van der Waals surface area contributed by atoms with Gasteiger partial charge in [0.05, 0.1) is 17.8 Å². The van der Waals surface area contributed by atoms with Crippen LogP contribution in [0.2, 0.25) is 5.02 Å². The van der Waals surface area contributed by atoms with Crippen LogP contribution in [0.25, 0.3) is 0 Å². The van der Waals surface area contributed by atoms with E-state index in [1.807, 2.05) is 0 Å². The number of amides is 4. The van der Waals surface area contributed by atoms with Gasteiger partial charge in [0.15, 0.2) is 6.10 Å². The number of anilines is 2. The van der Waals surface area contributed by atoms with Crippen molar-refractivity contribution >= 4 is 68.4 Å². The number of carboxylic acids is 1. The lowest BCUT2D eigenvalue weighted by Crippen LogP contribution is -2.35. The van der Waals surface area contributed by atoms with Gasteiger partial charge in [-0.3, -0.25) is 14.9 Å². The van der Waals surface area contributed by atoms with Gasteiger partial charge >= 0.3 is 18.0 Å². The fourth-order valence-corrected chi connectivity index (χ4v) is 6.90. The summed E-state index contributed by atoms with van der Waals surface area (Å²) in [4.78, 5) is 59.2. The second kappa shape index (κ2) is 14.8. The topological polar surface area (TPSA) is 207 Å². The summed E-state index contributed by atoms with van der Waals surface area (Å²) in [6.45, 7) is 3.15. The van der Waals surface area contributed by atoms with Crippen LogP contribution in [0.5, 0.6) is 11.8 Å². The zero-order chi connectivity index (χ0) is 35.3. The number of ether oxygens (including phenoxy) is 2. The number of carboxylic acid groups (broad SMARTS) is 1. The van der Waals surface area contributed by atoms with Crippen molar-refractivity contribution < 1.29 is 46.6 Å². The third-order valence-corrected chi connectivity index (χ3v) is 9.35. The van der Waals surface area contributed by atoms with Gasteiger partial charge in [0, 0.05) is 17.2 Å². The molecule has 5 rings (SSSR count). The first-order valence-electron chi connectivity index (χ1n) is 13.8. The van der Waals surface area contributed by atoms with Crippen LogP contribution in [0.3, 0.4) is 0 Å². The van der Waals surface area contributed by atoms with Crippen molar-refractivity contribution in [1.29, 1.82) is 0 Å². The molecule has 19 heteroatoms. The number of carbonyl (C=O) groups is 4. The maximum Gasteiger partial charge on any atom is 0.347 e. The summed E-state index contributed by atoms with van der Waals surface area (Å²) < 4.78 is 50.5. The molecule has 3 aromatic rings. The van der Waals surface area contributed by atoms with E-state index in [0.717, 1.165) is 41.2 Å². The van der Waals surface area contributed by atoms with Crippen molar-refractivity contribution in [3.05, 3.63) is 56.3 Å². The van der Waals surface area contributed by atoms with E-state index < -0.39 is 55.5 Å². The Balaban J connectivity index is 0.000000217. The summed E-state index contributed by atoms with van der Waals surface area (Å²) in [5.74, 6) is -0.590. The standard InChI is InChI=1S/C18H15ClFNO3.C11H11N5O6S2/c1-3-10(2)24-16-9-15(14(20)8-13(16)19)21-17(22)11-6-4-5-7-12(11)18(21)23;1-5-12-9(15-11(13-5)22-2)14-10(19)16-24(20,21)6-3-4-23-7(6)8(17)18/h1,8-10H,4-7H2,2H3;3-4H,1-2H3,(H,17,18)(H2,12,13,14,15,16,19). The van der Waals surface area contributed by atoms with Crippen LogP contribution in [0.1, 0.15) is 48.1 Å². The SMILES string of the molecule is C#CC(C)Oc1cc(N2C(=O)C3=C(CCCC3)C2=O)c(F)cc1Cl.COc1nc(C)nc(NC(=O)NS(=O)(=O)c2ccsc2C(=O)O)n1. The molecule has 1 unspecified atom stereocenters. The number of urea groups is 1. The first-order chi connectivity index (χ1) is 22.7. The molecule has 0 bridgehead atoms. The third-order valence-electron chi connectivity index (χ3n) is 6.65. The summed E-state index contributed by atoms with van der Waals surface area (Å²) in [5, 5.41) is 12.4. The van der Waals surface area contributed by atoms with Crippen molar-refractivity contribution in [1.82, 2.24) is 19.7 Å². The average molecular weight is 721 g/mol. The van der Waals surface area contributed by atoms with Crippen molar-refractivity contribution in [2.75, 3.05) is 17.3 Å². The summed E-state index contributed by atoms with van der Waals surface area (Å²) in [6.07, 6.45) is 7.47. The molecule has 1 aliphatic carbocycles. The van der Waals surface area contributed by atoms with Gasteiger partial charge in [-0.25, -0.2) is 32.0 Å². The minimum Gasteiger partial charge on any atom is -0.477 e. The Bertz CT molecular complexity index is 1970. The monoisotopic (exact) mass is 720 g/mol. The molecule has 1 aliphatic heterocycles. The largest absolute Gasteiger partial charge is 0.477 e. The summed E-state index contributed by atoms with van der Waals surface area (Å²) in [5.41, 5.74) is 0.808. The number of rotatable bonds is 8. The van der Waals surface area contributed by atoms with Crippen molar-refractivity contribution in [2.45, 2.75) is 50.5 Å². The Kier molecular flexibility index (Phi) is 11.0. The van der Waals surface area contributed by atoms with E-state index >= 15 is 0 Å². The Morgan fingerprint density at radius 2 is 1.81 bits per heavy atom. The fourth-order valence-electron chi connectivity index (χ4n) is 4.54. The lowest BCUT2D eigenvalue weighted by Gasteiger charge is -2.19. The second-order valence-corrected chi connectivity index (χ2v) is 12.9. The molecule has 3 N–H and O–H groups in total. The van der Waals surface area contributed by atoms with E-state index in [9.17, 15) is 32.0 Å². The second-order valence-electron chi connectivity index (χ2n) is 9.94. The number of terminal acetylenes is 1. The quantitative estimate of drug-likeness (QED) is 0.222. The zero-order valence-corrected chi connectivity index (χ0v) is 27.8. The lowest BCUT2D eigenvalue weighted by molar-refractivity contribution is -0.120. The number of hydrogen-bond acceptors (Lipinski definition) is 12. The molecule has 4 amide bonds. The number of sulfonamides is 1. The first kappa shape index (κ1) is 35.7. The number of benzene rings is 1. The number of nitrogens with zero attached hydrogens (tertiary/aromatic N) is 4. The van der Waals surface area contributed by atoms with Crippen molar-refractivity contribution in [2.24, 2.45) is 0 Å². The van der Waals surface area contributed by atoms with Gasteiger partial charge < -0.3 is 14.6 Å². The van der Waals surface area contributed by atoms with Crippen LogP contribution in [-0.2, 0) is 19.6 Å². The number of aromatic carboxylic acids is 1. The van der Waals surface area contributed by atoms with Gasteiger partial charge in [-0.05, 0) is 57.0 Å². The first-order valence-corrected chi connectivity index (χ1v) is 16.5. The Morgan fingerprint density at radius 1 is 1.17 bits per heavy atom. The van der Waals surface area contributed by atoms with Crippen molar-refractivity contribution in [3.63, 3.8) is 0 Å². The Hall–Kier alpha value is -5.12. The molecule has 15 nitrogen and oxygen atoms in total. The van der Waals surface area contributed by atoms with Gasteiger partial charge in [-0.15, -0.1) is 17.8 Å². The van der Waals surface area contributed by atoms with Gasteiger partial charge in [0.1, 0.15) is 27.2 Å². The van der Waals surface area contributed by atoms with E-state index in [4.69, 9.17) is 32.6 Å². The molecule has 0 saturated heterocycles. The summed E-state index contributed by atoms with van der Waals surface area (Å²) in [7, 11) is -3.06. The Morgan fingerprint density at radius 3 is 2.40 bits per heavy atom. The van der Waals surface area contributed by atoms with E-state index in [1.54, 1.807) is 11.6 Å². The van der Waals surface area contributed by atoms with Gasteiger partial charge in [-0.2, -0.15) is 15.0 Å². The van der Waals surface area contributed by atoms with Crippen molar-refractivity contribution in [3.8, 4) is 24.1 Å². The van der Waals surface area contributed by atoms with Gasteiger partial charge in [0.2, 0.25) is 5.95 Å². The van der Waals surface area contributed by atoms with Crippen LogP contribution in [0, 0.1) is 25.1 Å². The minimum atomic E-state index is -4.37. The highest BCUT2D eigenvalue weighted by Crippen LogP contribution is 2.39. The molecule has 1 aromatic carbocycles. The van der Waals surface area contributed by atoms with Crippen LogP contribution in [0.15, 0.2) is 39.6 Å². The normalized spacial score (nSPS) is 14.7. The number of aromatic nitrogens is 3. The zero-order valence-electron chi connectivity index (χ0n) is 25.4. The molecule has 0 fully saturated rings. The number of methoxy groups -OCH3 is 1. The highest BCUT2D eigenvalue weighted by atomic mass is 35.5. The van der Waals surface area contributed by atoms with E-state index in [-0.39, 0.29) is 34.2 Å². The van der Waals surface area contributed by atoms with Crippen LogP contribution < -0.4 is 24.4 Å². The number of imide groups is 1. The fraction of sp³-hybridized carbons (Fsp3) is 0.276. The maximum absolute atomic E-state index is 14.4. The van der Waals surface area contributed by atoms with Crippen LogP contribution in [0.4, 0.5) is 20.8 Å². The number of carbonyl (C=O) groups excluding carboxylic acids is 3. The van der Waals surface area contributed by atoms with Gasteiger partial charge in [-0.1, -0.05) is 17.5 Å². The molecule has 1 atom stereocenters. The van der Waals surface area contributed by atoms with Crippen LogP contribution >= 0.6 is 22.9 Å². The number of hydrogen-bond donors (Lipinski definition) is 3. The van der Waals surface area contributed by atoms with Crippen LogP contribution in [-0.4, -0.2) is 65.5 Å². The summed E-state index contributed by atoms with van der Waals surface area (Å²) in [6, 6.07) is 2.13. The molecule has 48 heavy (non-hydrogen) atoms. The highest BCUT2D eigenvalue weighted by Gasteiger charge is 2.41. The lowest BCUT2D eigenvalue weighted by atomic mass is 9.93. The van der Waals surface area contributed by atoms with Gasteiger partial charge in [0.25, 0.3) is 21.8 Å². The van der Waals surface area contributed by atoms with E-state index in [1.165, 1.54) is 25.5 Å². The molecular formula is C29H26ClFN6O9S2. The molecule has 0 saturated carbocycles. The Labute approximate surface area is 282 Å². The third kappa shape index (κ3) is 7.87. The average Bonchev–Trinajstić information content (AvgIpc) is 3.63. The molecule has 3 heterocycles. The molecule has 252 valence electrons. The number of halogens is 2. The number of nitrogens with one attached hydrogen (secondary N) is 2. The number of aryl methyl sites for hydroxylation is 1. The molecule has 0 spiro atoms.